The fraction of sp³-hybridized carbons (Fsp3) is 0.472. The van der Waals surface area contributed by atoms with E-state index >= 15 is 28.0 Å². The first-order valence-corrected chi connectivity index (χ1v) is 36.0. The Morgan fingerprint density at radius 1 is 0.780 bits per heavy atom. The largest absolute Gasteiger partial charge is 0.508 e. The number of fused-ring (bicyclic) bond motifs is 6. The van der Waals surface area contributed by atoms with E-state index in [2.05, 4.69) is 36.9 Å². The highest BCUT2D eigenvalue weighted by atomic mass is 32.2. The lowest BCUT2D eigenvalue weighted by atomic mass is 9.90. The van der Waals surface area contributed by atoms with Gasteiger partial charge in [-0.1, -0.05) is 48.5 Å². The van der Waals surface area contributed by atoms with Gasteiger partial charge in [0.25, 0.3) is 0 Å². The zero-order valence-corrected chi connectivity index (χ0v) is 58.0. The summed E-state index contributed by atoms with van der Waals surface area (Å²) >= 11 is 2.81. The molecule has 2 fully saturated rings. The third-order valence-corrected chi connectivity index (χ3v) is 21.5. The third kappa shape index (κ3) is 18.6. The van der Waals surface area contributed by atoms with E-state index in [-0.39, 0.29) is 56.6 Å². The van der Waals surface area contributed by atoms with Crippen LogP contribution >= 0.6 is 23.5 Å². The summed E-state index contributed by atoms with van der Waals surface area (Å²) in [6.07, 6.45) is -0.536. The van der Waals surface area contributed by atoms with Crippen LogP contribution in [0.5, 0.6) is 5.75 Å². The van der Waals surface area contributed by atoms with Gasteiger partial charge in [-0.25, -0.2) is 13.2 Å². The number of carbonyl (C=O) groups excluding carboxylic acids is 10. The van der Waals surface area contributed by atoms with Gasteiger partial charge in [-0.3, -0.25) is 47.9 Å². The number of carbonyl (C=O) groups is 10. The molecule has 4 heterocycles. The summed E-state index contributed by atoms with van der Waals surface area (Å²) in [7, 11) is 0. The predicted octanol–water partition coefficient (Wildman–Crippen LogP) is 4.75. The van der Waals surface area contributed by atoms with Crippen LogP contribution in [0.3, 0.4) is 0 Å². The van der Waals surface area contributed by atoms with Crippen LogP contribution in [-0.4, -0.2) is 175 Å². The summed E-state index contributed by atoms with van der Waals surface area (Å²) in [5.41, 5.74) is 12.4. The molecule has 3 aliphatic heterocycles. The molecule has 28 heteroatoms. The number of unbranched alkanes of at least 4 members (excludes halogenated alkanes) is 1. The Labute approximate surface area is 586 Å². The SMILES string of the molecule is C[C@H]1NC(=O)[C@H](CCCCN)NC(=O)CCSCc2cccc(c2)CSC[C@@H](C(N)=O)NC(=O)[C@]2(C)CCCN2C(=O)[C@H](Cc2ccc(O)cc2)NC(=O)[C@](C)([C@@H](C)O)NC(=O)[C@@H]2C[C@H](F)CN2C(=O)[C@H](CC2=CCc3ccc(F)cc32)NC(=O)[C@H](Cc2c[nH]c3ccc(F)cc23)CC1=O. The third-order valence-electron chi connectivity index (χ3n) is 19.3. The van der Waals surface area contributed by atoms with Crippen LogP contribution in [0.15, 0.2) is 97.2 Å². The van der Waals surface area contributed by atoms with Gasteiger partial charge in [0.05, 0.1) is 18.7 Å². The van der Waals surface area contributed by atoms with Gasteiger partial charge in [-0.05, 0) is 161 Å². The molecule has 9 amide bonds. The number of H-pyrrole nitrogens is 1. The first-order valence-electron chi connectivity index (χ1n) is 33.7. The topological polar surface area (TPSA) is 358 Å². The van der Waals surface area contributed by atoms with Gasteiger partial charge in [0.1, 0.15) is 64.8 Å². The first-order chi connectivity index (χ1) is 47.6. The number of allylic oxidation sites excluding steroid dienone is 1. The van der Waals surface area contributed by atoms with Crippen LogP contribution in [0.2, 0.25) is 0 Å². The van der Waals surface area contributed by atoms with E-state index in [1.165, 1.54) is 104 Å². The second kappa shape index (κ2) is 33.6. The second-order valence-corrected chi connectivity index (χ2v) is 28.9. The Morgan fingerprint density at radius 3 is 2.21 bits per heavy atom. The number of primary amides is 1. The molecule has 1 aliphatic carbocycles. The number of aliphatic hydroxyl groups excluding tert-OH is 1. The van der Waals surface area contributed by atoms with Crippen molar-refractivity contribution >= 4 is 98.9 Å². The van der Waals surface area contributed by atoms with Gasteiger partial charge in [-0.15, -0.1) is 0 Å². The number of nitrogens with one attached hydrogen (secondary N) is 7. The van der Waals surface area contributed by atoms with E-state index < -0.39 is 155 Å². The number of halogens is 3. The number of aromatic hydroxyl groups is 1. The molecule has 5 aromatic rings. The van der Waals surface area contributed by atoms with Crippen molar-refractivity contribution in [2.75, 3.05) is 31.1 Å². The van der Waals surface area contributed by atoms with E-state index in [1.807, 2.05) is 24.3 Å². The van der Waals surface area contributed by atoms with E-state index in [9.17, 15) is 43.4 Å². The monoisotopic (exact) mass is 1420 g/mol. The summed E-state index contributed by atoms with van der Waals surface area (Å²) in [5.74, 6) is -9.58. The van der Waals surface area contributed by atoms with Gasteiger partial charge in [0.2, 0.25) is 53.2 Å². The maximum Gasteiger partial charge on any atom is 0.248 e. The number of nitrogens with zero attached hydrogens (tertiary/aromatic N) is 2. The minimum atomic E-state index is -2.36. The van der Waals surface area contributed by atoms with Crippen LogP contribution in [0.4, 0.5) is 13.2 Å². The number of aliphatic hydroxyl groups is 1. The lowest BCUT2D eigenvalue weighted by Crippen LogP contribution is -2.68. The molecule has 536 valence electrons. The molecule has 9 rings (SSSR count). The Morgan fingerprint density at radius 2 is 1.49 bits per heavy atom. The number of amides is 9. The molecule has 0 saturated carbocycles. The van der Waals surface area contributed by atoms with Crippen molar-refractivity contribution in [2.24, 2.45) is 17.4 Å². The highest BCUT2D eigenvalue weighted by molar-refractivity contribution is 7.98. The first kappa shape index (κ1) is 75.5. The molecule has 0 unspecified atom stereocenters. The number of rotatable bonds is 12. The maximum absolute atomic E-state index is 16.2. The number of thioether (sulfide) groups is 2. The molecule has 2 saturated heterocycles. The average molecular weight is 1420 g/mol. The number of ketones is 1. The summed E-state index contributed by atoms with van der Waals surface area (Å²) in [6, 6.07) is 13.0. The molecule has 0 radical (unpaired) electrons. The average Bonchev–Trinajstić information content (AvgIpc) is 1.51. The lowest BCUT2D eigenvalue weighted by molar-refractivity contribution is -0.149. The van der Waals surface area contributed by atoms with E-state index in [1.54, 1.807) is 18.3 Å². The number of phenols is 1. The van der Waals surface area contributed by atoms with Crippen molar-refractivity contribution in [3.63, 3.8) is 0 Å². The molecule has 100 heavy (non-hydrogen) atoms. The minimum Gasteiger partial charge on any atom is -0.508 e. The van der Waals surface area contributed by atoms with Crippen LogP contribution < -0.4 is 43.4 Å². The van der Waals surface area contributed by atoms with Gasteiger partial charge < -0.3 is 68.4 Å². The van der Waals surface area contributed by atoms with Crippen molar-refractivity contribution in [1.29, 1.82) is 0 Å². The number of phenolic OH excluding ortho intramolecular Hbond substituents is 1. The standard InChI is InChI=1S/C72H88F3N11O12S2/c1-40-61(89)31-47(29-48-35-78-55-21-18-50(74)33-54(48)55)64(92)81-58(30-46-15-14-45-16-17-49(73)32-53(45)46)67(95)85-36-51(75)34-60(85)66(94)84-72(4,41(2)87)70(98)82-57(28-42-12-19-52(88)20-13-42)68(96)86-25-8-23-71(86,3)69(97)83-59(63(77)91)39-100-38-44-10-7-9-43(27-44)37-99-26-22-62(90)80-56(65(93)79-40)11-5-6-24-76/h7,9-10,12-13,15-21,27,32-33,35,40-41,47,51,56-60,78,87-88H,5-6,8,11,14,22-26,28-31,34,36-39,76H2,1-4H3,(H2,77,91)(H,79,93)(H,80,90)(H,81,92)(H,82,98)(H,83,97)(H,84,94)/t40-,41-,47-,51+,56+,57+,58+,59+,60+,71+,72+/m1/s1. The normalized spacial score (nSPS) is 26.6. The number of hydrogen-bond donors (Lipinski definition) is 11. The van der Waals surface area contributed by atoms with Crippen LogP contribution in [-0.2, 0) is 78.7 Å². The van der Waals surface area contributed by atoms with Crippen molar-refractivity contribution < 1.29 is 71.3 Å². The zero-order valence-electron chi connectivity index (χ0n) is 56.3. The van der Waals surface area contributed by atoms with Gasteiger partial charge in [0.15, 0.2) is 5.78 Å². The smallest absolute Gasteiger partial charge is 0.248 e. The van der Waals surface area contributed by atoms with E-state index in [0.29, 0.717) is 88.2 Å². The Kier molecular flexibility index (Phi) is 25.4. The molecule has 13 N–H and O–H groups in total. The van der Waals surface area contributed by atoms with Crippen LogP contribution in [0.25, 0.3) is 16.5 Å². The molecule has 11 atom stereocenters. The molecule has 4 aromatic carbocycles. The zero-order chi connectivity index (χ0) is 72.2. The Hall–Kier alpha value is -8.73. The van der Waals surface area contributed by atoms with E-state index in [4.69, 9.17) is 11.5 Å². The number of aromatic amines is 1. The summed E-state index contributed by atoms with van der Waals surface area (Å²) in [5, 5.41) is 38.5. The fourth-order valence-corrected chi connectivity index (χ4v) is 15.1. The Bertz CT molecular complexity index is 3920. The maximum atomic E-state index is 16.2. The summed E-state index contributed by atoms with van der Waals surface area (Å²) < 4.78 is 46.2. The second-order valence-electron chi connectivity index (χ2n) is 26.7. The number of hydrogen-bond acceptors (Lipinski definition) is 15. The fourth-order valence-electron chi connectivity index (χ4n) is 13.2. The van der Waals surface area contributed by atoms with Crippen molar-refractivity contribution in [1.82, 2.24) is 46.7 Å². The van der Waals surface area contributed by atoms with Gasteiger partial charge in [0, 0.05) is 84.7 Å². The molecule has 0 spiro atoms. The quantitative estimate of drug-likeness (QED) is 0.0751. The van der Waals surface area contributed by atoms with Gasteiger partial charge >= 0.3 is 0 Å². The van der Waals surface area contributed by atoms with Crippen LogP contribution in [0, 0.1) is 17.6 Å². The number of nitrogens with two attached hydrogens (primary N) is 2. The number of alkyl halides is 1. The van der Waals surface area contributed by atoms with Crippen LogP contribution in [0.1, 0.15) is 119 Å². The highest BCUT2D eigenvalue weighted by Gasteiger charge is 2.51. The van der Waals surface area contributed by atoms with Crippen molar-refractivity contribution in [3.8, 4) is 5.75 Å². The summed E-state index contributed by atoms with van der Waals surface area (Å²) in [4.78, 5) is 151. The highest BCUT2D eigenvalue weighted by Crippen LogP contribution is 2.35. The molecule has 4 aliphatic rings. The van der Waals surface area contributed by atoms with Gasteiger partial charge in [-0.2, -0.15) is 23.5 Å². The molecule has 23 nitrogen and oxygen atoms in total. The number of aromatic nitrogens is 1. The van der Waals surface area contributed by atoms with E-state index in [0.717, 1.165) is 23.0 Å². The molecule has 2 bridgehead atoms. The molecule has 1 aromatic heterocycles. The minimum absolute atomic E-state index is 0.0167. The van der Waals surface area contributed by atoms with Crippen molar-refractivity contribution in [3.05, 3.63) is 142 Å². The predicted molar refractivity (Wildman–Crippen MR) is 373 cm³/mol. The molecular formula is C72H88F3N11O12S2. The van der Waals surface area contributed by atoms with Crippen molar-refractivity contribution in [2.45, 2.75) is 176 Å². The number of benzene rings is 4. The number of Topliss-reactive ketones (excluding diaryl/α,β-unsaturated/α-hetero) is 1. The Balaban J connectivity index is 1.06. The molecular weight excluding hydrogens is 1330 g/mol. The summed E-state index contributed by atoms with van der Waals surface area (Å²) in [6.45, 7) is 4.90. The lowest BCUT2D eigenvalue weighted by Gasteiger charge is -2.39.